The molecule has 1 unspecified atom stereocenters. The molecule has 0 bridgehead atoms. The van der Waals surface area contributed by atoms with Crippen LogP contribution in [0.5, 0.6) is 0 Å². The van der Waals surface area contributed by atoms with E-state index < -0.39 is 0 Å². The first kappa shape index (κ1) is 22.3. The third-order valence-corrected chi connectivity index (χ3v) is 6.08. The van der Waals surface area contributed by atoms with Crippen molar-refractivity contribution in [2.45, 2.75) is 57.8 Å². The van der Waals surface area contributed by atoms with Gasteiger partial charge < -0.3 is 20.3 Å². The van der Waals surface area contributed by atoms with Crippen molar-refractivity contribution in [2.75, 3.05) is 27.2 Å². The second-order valence-corrected chi connectivity index (χ2v) is 8.38. The molecule has 2 N–H and O–H groups in total. The molecular formula is C23H33N7O2. The lowest BCUT2D eigenvalue weighted by Gasteiger charge is -2.29. The van der Waals surface area contributed by atoms with E-state index in [9.17, 15) is 4.79 Å². The number of rotatable bonds is 7. The molecule has 4 rings (SSSR count). The molecule has 32 heavy (non-hydrogen) atoms. The van der Waals surface area contributed by atoms with E-state index >= 15 is 0 Å². The first-order valence-corrected chi connectivity index (χ1v) is 11.4. The van der Waals surface area contributed by atoms with Crippen LogP contribution in [0.25, 0.3) is 0 Å². The Morgan fingerprint density at radius 1 is 1.28 bits per heavy atom. The van der Waals surface area contributed by atoms with E-state index in [0.717, 1.165) is 62.9 Å². The number of hydrogen-bond donors (Lipinski definition) is 2. The molecule has 2 aliphatic heterocycles. The van der Waals surface area contributed by atoms with E-state index in [4.69, 9.17) is 4.74 Å². The number of nitrogens with zero attached hydrogens (tertiary/aromatic N) is 5. The lowest BCUT2D eigenvalue weighted by molar-refractivity contribution is -0.132. The van der Waals surface area contributed by atoms with Crippen molar-refractivity contribution < 1.29 is 9.53 Å². The number of aromatic nitrogens is 3. The Kier molecular flexibility index (Phi) is 7.36. The zero-order valence-corrected chi connectivity index (χ0v) is 19.0. The van der Waals surface area contributed by atoms with Gasteiger partial charge in [0, 0.05) is 52.7 Å². The van der Waals surface area contributed by atoms with Crippen LogP contribution in [0.4, 0.5) is 0 Å². The summed E-state index contributed by atoms with van der Waals surface area (Å²) < 4.78 is 7.09. The fourth-order valence-corrected chi connectivity index (χ4v) is 4.37. The average molecular weight is 440 g/mol. The number of ether oxygens (including phenoxy) is 1. The second-order valence-electron chi connectivity index (χ2n) is 8.38. The molecular weight excluding hydrogens is 406 g/mol. The maximum absolute atomic E-state index is 12.6. The van der Waals surface area contributed by atoms with Gasteiger partial charge in [-0.2, -0.15) is 5.10 Å². The number of carbonyl (C=O) groups excluding carboxylic acids is 1. The minimum absolute atomic E-state index is 0.224. The van der Waals surface area contributed by atoms with E-state index in [1.165, 1.54) is 11.1 Å². The minimum Gasteiger partial charge on any atom is -0.377 e. The maximum Gasteiger partial charge on any atom is 0.222 e. The summed E-state index contributed by atoms with van der Waals surface area (Å²) in [5.74, 6) is 2.72. The van der Waals surface area contributed by atoms with Gasteiger partial charge in [-0.1, -0.05) is 24.3 Å². The number of aryl methyl sites for hydroxylation is 1. The molecule has 0 spiro atoms. The van der Waals surface area contributed by atoms with Crippen molar-refractivity contribution in [2.24, 2.45) is 4.99 Å². The highest BCUT2D eigenvalue weighted by Gasteiger charge is 2.23. The molecule has 0 aliphatic carbocycles. The van der Waals surface area contributed by atoms with Crippen molar-refractivity contribution in [1.82, 2.24) is 30.3 Å². The maximum atomic E-state index is 12.6. The van der Waals surface area contributed by atoms with Crippen LogP contribution in [0, 0.1) is 0 Å². The molecule has 1 aromatic carbocycles. The summed E-state index contributed by atoms with van der Waals surface area (Å²) in [6, 6.07) is 8.64. The second kappa shape index (κ2) is 10.6. The Balaban J connectivity index is 1.18. The van der Waals surface area contributed by atoms with Crippen LogP contribution in [-0.4, -0.2) is 64.8 Å². The van der Waals surface area contributed by atoms with Gasteiger partial charge in [0.2, 0.25) is 5.91 Å². The molecule has 1 atom stereocenters. The summed E-state index contributed by atoms with van der Waals surface area (Å²) in [7, 11) is 3.42. The van der Waals surface area contributed by atoms with Crippen LogP contribution in [0.3, 0.4) is 0 Å². The van der Waals surface area contributed by atoms with Crippen molar-refractivity contribution >= 4 is 11.9 Å². The first-order valence-electron chi connectivity index (χ1n) is 11.4. The van der Waals surface area contributed by atoms with Crippen molar-refractivity contribution in [3.05, 3.63) is 47.0 Å². The van der Waals surface area contributed by atoms with Gasteiger partial charge in [-0.15, -0.1) is 0 Å². The van der Waals surface area contributed by atoms with Gasteiger partial charge >= 0.3 is 0 Å². The minimum atomic E-state index is 0.224. The molecule has 1 aromatic heterocycles. The summed E-state index contributed by atoms with van der Waals surface area (Å²) >= 11 is 0. The fraction of sp³-hybridized carbons (Fsp3) is 0.565. The largest absolute Gasteiger partial charge is 0.377 e. The summed E-state index contributed by atoms with van der Waals surface area (Å²) in [5, 5.41) is 11.3. The lowest BCUT2D eigenvalue weighted by atomic mass is 9.99. The third kappa shape index (κ3) is 5.45. The van der Waals surface area contributed by atoms with Gasteiger partial charge in [0.05, 0.1) is 6.54 Å². The number of guanidine groups is 1. The van der Waals surface area contributed by atoms with Gasteiger partial charge in [0.25, 0.3) is 0 Å². The number of benzene rings is 1. The number of fused-ring (bicyclic) bond motifs is 2. The molecule has 2 aliphatic rings. The summed E-state index contributed by atoms with van der Waals surface area (Å²) in [6.07, 6.45) is 4.11. The zero-order valence-electron chi connectivity index (χ0n) is 19.0. The normalized spacial score (nSPS) is 18.1. The molecule has 9 nitrogen and oxygen atoms in total. The van der Waals surface area contributed by atoms with Gasteiger partial charge in [-0.05, 0) is 30.4 Å². The molecule has 9 heteroatoms. The Bertz CT molecular complexity index is 956. The zero-order chi connectivity index (χ0) is 22.3. The molecule has 3 heterocycles. The molecule has 0 saturated heterocycles. The Morgan fingerprint density at radius 3 is 2.94 bits per heavy atom. The van der Waals surface area contributed by atoms with E-state index in [0.29, 0.717) is 19.6 Å². The van der Waals surface area contributed by atoms with Crippen LogP contribution in [0.15, 0.2) is 29.3 Å². The SMILES string of the molecule is CN=C(NCCCC(=O)N1CCc2ccccc2C1)NC1CCc2nc(COC)nn2C1. The van der Waals surface area contributed by atoms with Crippen LogP contribution < -0.4 is 10.6 Å². The monoisotopic (exact) mass is 439 g/mol. The van der Waals surface area contributed by atoms with Crippen molar-refractivity contribution in [1.29, 1.82) is 0 Å². The molecule has 2 aromatic rings. The smallest absolute Gasteiger partial charge is 0.222 e. The van der Waals surface area contributed by atoms with E-state index in [-0.39, 0.29) is 11.9 Å². The molecule has 0 saturated carbocycles. The van der Waals surface area contributed by atoms with Gasteiger partial charge in [0.1, 0.15) is 12.4 Å². The highest BCUT2D eigenvalue weighted by molar-refractivity contribution is 5.80. The summed E-state index contributed by atoms with van der Waals surface area (Å²) in [5.41, 5.74) is 2.64. The first-order chi connectivity index (χ1) is 15.7. The average Bonchev–Trinajstić information content (AvgIpc) is 3.22. The predicted octanol–water partition coefficient (Wildman–Crippen LogP) is 1.27. The van der Waals surface area contributed by atoms with Crippen molar-refractivity contribution in [3.63, 3.8) is 0 Å². The standard InChI is InChI=1S/C23H33N7O2/c1-24-23(26-19-9-10-21-27-20(16-32-2)28-30(21)15-19)25-12-5-8-22(31)29-13-11-17-6-3-4-7-18(17)14-29/h3-4,6-7,19H,5,8-16H2,1-2H3,(H2,24,25,26). The summed E-state index contributed by atoms with van der Waals surface area (Å²) in [6.45, 7) is 3.43. The molecule has 172 valence electrons. The van der Waals surface area contributed by atoms with E-state index in [2.05, 4.69) is 43.9 Å². The number of hydrogen-bond acceptors (Lipinski definition) is 5. The Hall–Kier alpha value is -2.94. The Morgan fingerprint density at radius 2 is 2.12 bits per heavy atom. The number of carbonyl (C=O) groups is 1. The van der Waals surface area contributed by atoms with E-state index in [1.54, 1.807) is 14.2 Å². The molecule has 0 fully saturated rings. The van der Waals surface area contributed by atoms with E-state index in [1.807, 2.05) is 15.6 Å². The van der Waals surface area contributed by atoms with Crippen LogP contribution in [0.1, 0.15) is 42.0 Å². The lowest BCUT2D eigenvalue weighted by Crippen LogP contribution is -2.47. The van der Waals surface area contributed by atoms with Crippen LogP contribution >= 0.6 is 0 Å². The van der Waals surface area contributed by atoms with Crippen LogP contribution in [0.2, 0.25) is 0 Å². The predicted molar refractivity (Wildman–Crippen MR) is 122 cm³/mol. The van der Waals surface area contributed by atoms with Crippen molar-refractivity contribution in [3.8, 4) is 0 Å². The quantitative estimate of drug-likeness (QED) is 0.383. The third-order valence-electron chi connectivity index (χ3n) is 6.08. The molecule has 0 radical (unpaired) electrons. The van der Waals surface area contributed by atoms with Crippen LogP contribution in [-0.2, 0) is 42.1 Å². The Labute approximate surface area is 189 Å². The molecule has 1 amide bonds. The van der Waals surface area contributed by atoms with Gasteiger partial charge in [-0.3, -0.25) is 9.79 Å². The topological polar surface area (TPSA) is 96.7 Å². The highest BCUT2D eigenvalue weighted by Crippen LogP contribution is 2.19. The summed E-state index contributed by atoms with van der Waals surface area (Å²) in [4.78, 5) is 23.5. The van der Waals surface area contributed by atoms with Gasteiger partial charge in [0.15, 0.2) is 11.8 Å². The number of aliphatic imine (C=N–C) groups is 1. The highest BCUT2D eigenvalue weighted by atomic mass is 16.5. The fourth-order valence-electron chi connectivity index (χ4n) is 4.37. The number of nitrogens with one attached hydrogen (secondary N) is 2. The number of amides is 1. The number of methoxy groups -OCH3 is 1. The van der Waals surface area contributed by atoms with Gasteiger partial charge in [-0.25, -0.2) is 9.67 Å².